The number of nitrogens with zero attached hydrogens (tertiary/aromatic N) is 4. The molecule has 0 saturated carbocycles. The van der Waals surface area contributed by atoms with E-state index in [1.54, 1.807) is 0 Å². The lowest BCUT2D eigenvalue weighted by molar-refractivity contribution is 0.620. The van der Waals surface area contributed by atoms with Gasteiger partial charge in [-0.25, -0.2) is 15.0 Å². The number of rotatable bonds is 7. The van der Waals surface area contributed by atoms with Crippen LogP contribution in [-0.2, 0) is 0 Å². The summed E-state index contributed by atoms with van der Waals surface area (Å²) >= 11 is 0. The van der Waals surface area contributed by atoms with Gasteiger partial charge in [-0.05, 0) is 83.9 Å². The fourth-order valence-electron chi connectivity index (χ4n) is 6.40. The Kier molecular flexibility index (Phi) is 7.41. The molecule has 5 nitrogen and oxygen atoms in total. The highest BCUT2D eigenvalue weighted by molar-refractivity contribution is 5.88. The van der Waals surface area contributed by atoms with Gasteiger partial charge in [0.1, 0.15) is 5.52 Å². The zero-order valence-electron chi connectivity index (χ0n) is 27.0. The van der Waals surface area contributed by atoms with E-state index in [1.165, 1.54) is 5.56 Å². The molecule has 236 valence electrons. The third-order valence-corrected chi connectivity index (χ3v) is 8.92. The first-order valence-electron chi connectivity index (χ1n) is 16.6. The van der Waals surface area contributed by atoms with Crippen molar-refractivity contribution in [1.29, 1.82) is 0 Å². The fourth-order valence-corrected chi connectivity index (χ4v) is 6.40. The Bertz CT molecular complexity index is 2530. The quantitative estimate of drug-likeness (QED) is 0.173. The Balaban J connectivity index is 1.09. The number of fused-ring (bicyclic) bond motifs is 2. The largest absolute Gasteiger partial charge is 0.436 e. The van der Waals surface area contributed by atoms with Gasteiger partial charge >= 0.3 is 0 Å². The predicted molar refractivity (Wildman–Crippen MR) is 204 cm³/mol. The number of anilines is 3. The van der Waals surface area contributed by atoms with Crippen LogP contribution in [0.2, 0.25) is 0 Å². The van der Waals surface area contributed by atoms with Gasteiger partial charge in [0, 0.05) is 33.8 Å². The van der Waals surface area contributed by atoms with Gasteiger partial charge in [0.15, 0.2) is 5.58 Å². The summed E-state index contributed by atoms with van der Waals surface area (Å²) < 4.78 is 6.04. The minimum Gasteiger partial charge on any atom is -0.436 e. The predicted octanol–water partition coefficient (Wildman–Crippen LogP) is 11.9. The summed E-state index contributed by atoms with van der Waals surface area (Å²) in [5, 5.41) is 0. The Morgan fingerprint density at radius 1 is 0.320 bits per heavy atom. The van der Waals surface area contributed by atoms with E-state index in [-0.39, 0.29) is 0 Å². The molecule has 0 saturated heterocycles. The third kappa shape index (κ3) is 5.57. The second kappa shape index (κ2) is 12.6. The fraction of sp³-hybridized carbons (Fsp3) is 0. The zero-order valence-corrected chi connectivity index (χ0v) is 27.0. The van der Waals surface area contributed by atoms with Gasteiger partial charge in [0.05, 0.1) is 22.4 Å². The molecule has 0 aliphatic rings. The standard InChI is InChI=1S/C45H30N4O/c1-3-11-31(12-4-1)32-19-21-33(22-20-32)43-44(47-40-16-8-7-15-39(40)46-43)34-23-27-37(28-24-34)49(36-13-5-2-6-14-36)38-29-25-35(26-30-38)45-48-41-17-9-10-18-42(41)50-45/h1-30H. The first-order chi connectivity index (χ1) is 24.8. The smallest absolute Gasteiger partial charge is 0.227 e. The van der Waals surface area contributed by atoms with E-state index in [9.17, 15) is 0 Å². The van der Waals surface area contributed by atoms with Crippen molar-refractivity contribution in [3.63, 3.8) is 0 Å². The molecule has 0 radical (unpaired) electrons. The molecule has 0 aliphatic carbocycles. The van der Waals surface area contributed by atoms with Crippen LogP contribution in [0.15, 0.2) is 186 Å². The molecule has 0 spiro atoms. The molecule has 0 bridgehead atoms. The summed E-state index contributed by atoms with van der Waals surface area (Å²) in [6.07, 6.45) is 0. The maximum Gasteiger partial charge on any atom is 0.227 e. The lowest BCUT2D eigenvalue weighted by Crippen LogP contribution is -2.09. The van der Waals surface area contributed by atoms with Crippen molar-refractivity contribution in [2.75, 3.05) is 4.90 Å². The van der Waals surface area contributed by atoms with E-state index in [0.29, 0.717) is 5.89 Å². The third-order valence-electron chi connectivity index (χ3n) is 8.92. The van der Waals surface area contributed by atoms with Crippen molar-refractivity contribution in [3.8, 4) is 45.1 Å². The van der Waals surface area contributed by atoms with Crippen LogP contribution in [0, 0.1) is 0 Å². The van der Waals surface area contributed by atoms with Crippen molar-refractivity contribution in [3.05, 3.63) is 182 Å². The number of benzene rings is 7. The molecule has 2 heterocycles. The highest BCUT2D eigenvalue weighted by Crippen LogP contribution is 2.38. The molecular weight excluding hydrogens is 613 g/mol. The Hall–Kier alpha value is -6.85. The molecule has 0 atom stereocenters. The van der Waals surface area contributed by atoms with Crippen LogP contribution in [0.4, 0.5) is 17.1 Å². The molecule has 5 heteroatoms. The average molecular weight is 643 g/mol. The maximum atomic E-state index is 6.04. The Morgan fingerprint density at radius 2 is 0.740 bits per heavy atom. The van der Waals surface area contributed by atoms with Gasteiger partial charge in [-0.3, -0.25) is 0 Å². The molecule has 2 aromatic heterocycles. The van der Waals surface area contributed by atoms with Gasteiger partial charge in [-0.2, -0.15) is 0 Å². The zero-order chi connectivity index (χ0) is 33.3. The molecule has 0 fully saturated rings. The molecule has 0 N–H and O–H groups in total. The van der Waals surface area contributed by atoms with Gasteiger partial charge in [-0.1, -0.05) is 109 Å². The molecule has 0 unspecified atom stereocenters. The highest BCUT2D eigenvalue weighted by Gasteiger charge is 2.17. The first-order valence-corrected chi connectivity index (χ1v) is 16.6. The van der Waals surface area contributed by atoms with Crippen molar-refractivity contribution in [2.24, 2.45) is 0 Å². The molecule has 9 aromatic rings. The van der Waals surface area contributed by atoms with Crippen LogP contribution in [0.25, 0.3) is 67.2 Å². The summed E-state index contributed by atoms with van der Waals surface area (Å²) in [5.74, 6) is 0.607. The monoisotopic (exact) mass is 642 g/mol. The van der Waals surface area contributed by atoms with Crippen LogP contribution >= 0.6 is 0 Å². The first kappa shape index (κ1) is 29.3. The number of aromatic nitrogens is 3. The van der Waals surface area contributed by atoms with E-state index in [2.05, 4.69) is 131 Å². The summed E-state index contributed by atoms with van der Waals surface area (Å²) in [4.78, 5) is 17.2. The number of para-hydroxylation sites is 5. The second-order valence-electron chi connectivity index (χ2n) is 12.1. The van der Waals surface area contributed by atoms with Crippen molar-refractivity contribution >= 4 is 39.2 Å². The summed E-state index contributed by atoms with van der Waals surface area (Å²) in [5.41, 5.74) is 13.4. The van der Waals surface area contributed by atoms with Crippen LogP contribution < -0.4 is 4.90 Å². The van der Waals surface area contributed by atoms with Crippen LogP contribution in [0.1, 0.15) is 0 Å². The minimum atomic E-state index is 0.607. The molecule has 0 aliphatic heterocycles. The molecular formula is C45H30N4O. The van der Waals surface area contributed by atoms with Gasteiger partial charge in [0.2, 0.25) is 5.89 Å². The van der Waals surface area contributed by atoms with Crippen LogP contribution in [0.3, 0.4) is 0 Å². The van der Waals surface area contributed by atoms with Crippen LogP contribution in [0.5, 0.6) is 0 Å². The summed E-state index contributed by atoms with van der Waals surface area (Å²) in [6.45, 7) is 0. The maximum absolute atomic E-state index is 6.04. The van der Waals surface area contributed by atoms with Gasteiger partial charge < -0.3 is 9.32 Å². The average Bonchev–Trinajstić information content (AvgIpc) is 3.64. The second-order valence-corrected chi connectivity index (χ2v) is 12.1. The SMILES string of the molecule is c1ccc(-c2ccc(-c3nc4ccccc4nc3-c3ccc(N(c4ccccc4)c4ccc(-c5nc6ccccc6o5)cc4)cc3)cc2)cc1. The summed E-state index contributed by atoms with van der Waals surface area (Å²) in [7, 11) is 0. The number of hydrogen-bond acceptors (Lipinski definition) is 5. The van der Waals surface area contributed by atoms with Gasteiger partial charge in [0.25, 0.3) is 0 Å². The van der Waals surface area contributed by atoms with E-state index in [0.717, 1.165) is 72.8 Å². The van der Waals surface area contributed by atoms with E-state index < -0.39 is 0 Å². The van der Waals surface area contributed by atoms with Crippen molar-refractivity contribution in [2.45, 2.75) is 0 Å². The Labute approximate surface area is 289 Å². The highest BCUT2D eigenvalue weighted by atomic mass is 16.3. The summed E-state index contributed by atoms with van der Waals surface area (Å²) in [6, 6.07) is 62.2. The normalized spacial score (nSPS) is 11.2. The van der Waals surface area contributed by atoms with Crippen LogP contribution in [-0.4, -0.2) is 15.0 Å². The molecule has 0 amide bonds. The molecule has 9 rings (SSSR count). The lowest BCUT2D eigenvalue weighted by atomic mass is 9.99. The number of oxazole rings is 1. The van der Waals surface area contributed by atoms with E-state index in [1.807, 2.05) is 60.7 Å². The van der Waals surface area contributed by atoms with Gasteiger partial charge in [-0.15, -0.1) is 0 Å². The van der Waals surface area contributed by atoms with Crippen molar-refractivity contribution < 1.29 is 4.42 Å². The van der Waals surface area contributed by atoms with Crippen molar-refractivity contribution in [1.82, 2.24) is 15.0 Å². The molecule has 7 aromatic carbocycles. The van der Waals surface area contributed by atoms with E-state index in [4.69, 9.17) is 14.4 Å². The lowest BCUT2D eigenvalue weighted by Gasteiger charge is -2.25. The topological polar surface area (TPSA) is 55.1 Å². The number of hydrogen-bond donors (Lipinski definition) is 0. The van der Waals surface area contributed by atoms with E-state index >= 15 is 0 Å². The Morgan fingerprint density at radius 3 is 1.32 bits per heavy atom. The minimum absolute atomic E-state index is 0.607. The molecule has 50 heavy (non-hydrogen) atoms.